The number of alkyl halides is 3. The van der Waals surface area contributed by atoms with Gasteiger partial charge in [-0.15, -0.1) is 0 Å². The number of benzene rings is 2. The Bertz CT molecular complexity index is 932. The van der Waals surface area contributed by atoms with Gasteiger partial charge in [0.2, 0.25) is 0 Å². The molecule has 0 bridgehead atoms. The molecule has 2 aromatic carbocycles. The van der Waals surface area contributed by atoms with Gasteiger partial charge in [0.25, 0.3) is 0 Å². The predicted molar refractivity (Wildman–Crippen MR) is 96.2 cm³/mol. The molecular formula is C19H20F3IO5S. The van der Waals surface area contributed by atoms with E-state index in [1.807, 2.05) is 19.1 Å². The van der Waals surface area contributed by atoms with Gasteiger partial charge >= 0.3 is 32.7 Å². The molecule has 0 saturated heterocycles. The largest absolute Gasteiger partial charge is 0.741 e. The lowest BCUT2D eigenvalue weighted by Gasteiger charge is -2.08. The molecular weight excluding hydrogens is 524 g/mol. The Hall–Kier alpha value is -1.66. The van der Waals surface area contributed by atoms with Crippen LogP contribution in [0.25, 0.3) is 0 Å². The van der Waals surface area contributed by atoms with Gasteiger partial charge in [0.1, 0.15) is 0 Å². The quantitative estimate of drug-likeness (QED) is 0.248. The average Bonchev–Trinajstić information content (AvgIpc) is 2.57. The molecule has 0 aliphatic carbocycles. The maximum atomic E-state index is 11.6. The van der Waals surface area contributed by atoms with Crippen LogP contribution in [0.2, 0.25) is 0 Å². The first-order chi connectivity index (χ1) is 13.3. The van der Waals surface area contributed by atoms with Crippen molar-refractivity contribution in [3.8, 4) is 0 Å². The van der Waals surface area contributed by atoms with Crippen molar-refractivity contribution in [2.75, 3.05) is 6.61 Å². The van der Waals surface area contributed by atoms with E-state index in [0.29, 0.717) is 12.2 Å². The Balaban J connectivity index is 0.000000447. The summed E-state index contributed by atoms with van der Waals surface area (Å²) in [7, 11) is -6.09. The fourth-order valence-electron chi connectivity index (χ4n) is 2.28. The molecule has 5 nitrogen and oxygen atoms in total. The molecule has 2 aromatic rings. The first-order valence-corrected chi connectivity index (χ1v) is 11.8. The van der Waals surface area contributed by atoms with Gasteiger partial charge in [0.15, 0.2) is 17.3 Å². The van der Waals surface area contributed by atoms with E-state index in [9.17, 15) is 18.0 Å². The van der Waals surface area contributed by atoms with Gasteiger partial charge in [-0.25, -0.2) is 13.2 Å². The van der Waals surface area contributed by atoms with Crippen molar-refractivity contribution in [2.24, 2.45) is 0 Å². The van der Waals surface area contributed by atoms with E-state index in [-0.39, 0.29) is 27.2 Å². The normalized spacial score (nSPS) is 11.4. The van der Waals surface area contributed by atoms with Crippen molar-refractivity contribution >= 4 is 16.1 Å². The summed E-state index contributed by atoms with van der Waals surface area (Å²) in [6.45, 7) is 8.73. The van der Waals surface area contributed by atoms with Gasteiger partial charge in [-0.1, -0.05) is 17.7 Å². The lowest BCUT2D eigenvalue weighted by atomic mass is 10.1. The molecule has 10 heteroatoms. The van der Waals surface area contributed by atoms with Crippen LogP contribution in [0.4, 0.5) is 13.2 Å². The molecule has 0 spiro atoms. The number of hydrogen-bond donors (Lipinski definition) is 0. The lowest BCUT2D eigenvalue weighted by Crippen LogP contribution is -3.62. The molecule has 0 aromatic heterocycles. The second kappa shape index (κ2) is 10.4. The molecule has 0 saturated carbocycles. The summed E-state index contributed by atoms with van der Waals surface area (Å²) in [4.78, 5) is 11.6. The molecule has 0 amide bonds. The molecule has 29 heavy (non-hydrogen) atoms. The number of esters is 1. The zero-order valence-electron chi connectivity index (χ0n) is 16.1. The van der Waals surface area contributed by atoms with Gasteiger partial charge in [-0.05, 0) is 52.0 Å². The van der Waals surface area contributed by atoms with E-state index in [4.69, 9.17) is 17.7 Å². The van der Waals surface area contributed by atoms with Crippen molar-refractivity contribution in [2.45, 2.75) is 33.2 Å². The monoisotopic (exact) mass is 544 g/mol. The van der Waals surface area contributed by atoms with E-state index >= 15 is 0 Å². The van der Waals surface area contributed by atoms with Crippen LogP contribution in [-0.2, 0) is 14.9 Å². The minimum atomic E-state index is -6.09. The van der Waals surface area contributed by atoms with Crippen molar-refractivity contribution in [3.05, 3.63) is 65.8 Å². The number of halogens is 4. The molecule has 160 valence electrons. The van der Waals surface area contributed by atoms with Gasteiger partial charge < -0.3 is 9.29 Å². The van der Waals surface area contributed by atoms with E-state index in [1.165, 1.54) is 23.8 Å². The molecule has 0 radical (unpaired) electrons. The highest BCUT2D eigenvalue weighted by atomic mass is 127. The molecule has 0 fully saturated rings. The zero-order valence-corrected chi connectivity index (χ0v) is 19.1. The first kappa shape index (κ1) is 25.4. The van der Waals surface area contributed by atoms with Crippen LogP contribution < -0.4 is 21.2 Å². The number of ether oxygens (including phenoxy) is 1. The third-order valence-corrected chi connectivity index (χ3v) is 7.57. The Labute approximate surface area is 178 Å². The summed E-state index contributed by atoms with van der Waals surface area (Å²) in [5, 5.41) is 0. The van der Waals surface area contributed by atoms with E-state index in [2.05, 4.69) is 45.0 Å². The SMILES string of the molecule is CCOC(=O)c1ccc([I+]c2c(C)cc(C)cc2C)cc1.O=S(=O)([O-])C(F)(F)F. The summed E-state index contributed by atoms with van der Waals surface area (Å²) in [6, 6.07) is 12.3. The maximum absolute atomic E-state index is 11.6. The Morgan fingerprint density at radius 2 is 1.52 bits per heavy atom. The Kier molecular flexibility index (Phi) is 9.09. The summed E-state index contributed by atoms with van der Waals surface area (Å²) in [5.74, 6) is -0.245. The van der Waals surface area contributed by atoms with E-state index in [0.717, 1.165) is 0 Å². The van der Waals surface area contributed by atoms with Crippen LogP contribution in [0, 0.1) is 27.9 Å². The second-order valence-electron chi connectivity index (χ2n) is 5.93. The molecule has 0 atom stereocenters. The number of rotatable bonds is 4. The van der Waals surface area contributed by atoms with Crippen molar-refractivity contribution in [1.29, 1.82) is 0 Å². The average molecular weight is 544 g/mol. The van der Waals surface area contributed by atoms with Crippen LogP contribution in [-0.4, -0.2) is 31.1 Å². The topological polar surface area (TPSA) is 83.5 Å². The third kappa shape index (κ3) is 7.94. The highest BCUT2D eigenvalue weighted by molar-refractivity contribution is 7.86. The molecule has 0 aliphatic rings. The van der Waals surface area contributed by atoms with E-state index < -0.39 is 15.6 Å². The summed E-state index contributed by atoms with van der Waals surface area (Å²) >= 11 is -0.221. The fourth-order valence-corrected chi connectivity index (χ4v) is 4.79. The Morgan fingerprint density at radius 1 is 1.07 bits per heavy atom. The highest BCUT2D eigenvalue weighted by Crippen LogP contribution is 2.20. The van der Waals surface area contributed by atoms with Crippen LogP contribution in [0.1, 0.15) is 34.0 Å². The number of carbonyl (C=O) groups excluding carboxylic acids is 1. The minimum absolute atomic E-state index is 0.221. The number of carbonyl (C=O) groups is 1. The highest BCUT2D eigenvalue weighted by Gasteiger charge is 2.36. The van der Waals surface area contributed by atoms with Crippen molar-refractivity contribution in [1.82, 2.24) is 0 Å². The van der Waals surface area contributed by atoms with Gasteiger partial charge in [-0.3, -0.25) is 0 Å². The smallest absolute Gasteiger partial charge is 0.485 e. The summed E-state index contributed by atoms with van der Waals surface area (Å²) in [5.41, 5.74) is -0.964. The van der Waals surface area contributed by atoms with Gasteiger partial charge in [-0.2, -0.15) is 13.2 Å². The van der Waals surface area contributed by atoms with Gasteiger partial charge in [0, 0.05) is 11.1 Å². The molecule has 0 N–H and O–H groups in total. The van der Waals surface area contributed by atoms with Crippen molar-refractivity contribution < 1.29 is 56.9 Å². The summed E-state index contributed by atoms with van der Waals surface area (Å²) in [6.07, 6.45) is 0. The third-order valence-electron chi connectivity index (χ3n) is 3.42. The van der Waals surface area contributed by atoms with Crippen LogP contribution in [0.3, 0.4) is 0 Å². The van der Waals surface area contributed by atoms with Crippen LogP contribution >= 0.6 is 0 Å². The number of aryl methyl sites for hydroxylation is 3. The molecule has 0 unspecified atom stereocenters. The fraction of sp³-hybridized carbons (Fsp3) is 0.316. The number of hydrogen-bond acceptors (Lipinski definition) is 5. The van der Waals surface area contributed by atoms with Gasteiger partial charge in [0.05, 0.1) is 12.2 Å². The maximum Gasteiger partial charge on any atom is 0.485 e. The first-order valence-electron chi connectivity index (χ1n) is 8.28. The second-order valence-corrected chi connectivity index (χ2v) is 10.2. The van der Waals surface area contributed by atoms with Crippen LogP contribution in [0.5, 0.6) is 0 Å². The summed E-state index contributed by atoms with van der Waals surface area (Å²) < 4.78 is 66.7. The molecule has 0 aliphatic heterocycles. The zero-order chi connectivity index (χ0) is 22.4. The minimum Gasteiger partial charge on any atom is -0.741 e. The standard InChI is InChI=1S/C18H20IO2.CHF3O3S/c1-5-21-18(20)15-6-8-16(9-7-15)19-17-13(3)10-12(2)11-14(17)4;2-1(3,4)8(5,6)7/h6-11H,5H2,1-4H3;(H,5,6,7)/q+1;/p-1. The lowest BCUT2D eigenvalue weighted by molar-refractivity contribution is -0.598. The Morgan fingerprint density at radius 3 is 1.90 bits per heavy atom. The van der Waals surface area contributed by atoms with Crippen molar-refractivity contribution in [3.63, 3.8) is 0 Å². The molecule has 2 rings (SSSR count). The van der Waals surface area contributed by atoms with Crippen LogP contribution in [0.15, 0.2) is 36.4 Å². The predicted octanol–water partition coefficient (Wildman–Crippen LogP) is 0.968. The van der Waals surface area contributed by atoms with E-state index in [1.54, 1.807) is 0 Å². The molecule has 0 heterocycles.